The van der Waals surface area contributed by atoms with Crippen molar-refractivity contribution in [2.45, 2.75) is 10.1 Å². The van der Waals surface area contributed by atoms with Gasteiger partial charge >= 0.3 is 0 Å². The summed E-state index contributed by atoms with van der Waals surface area (Å²) in [5, 5.41) is 0.685. The van der Waals surface area contributed by atoms with Gasteiger partial charge in [0.05, 0.1) is 23.4 Å². The van der Waals surface area contributed by atoms with Gasteiger partial charge in [-0.05, 0) is 24.3 Å². The highest BCUT2D eigenvalue weighted by atomic mass is 32.2. The predicted molar refractivity (Wildman–Crippen MR) is 105 cm³/mol. The lowest BCUT2D eigenvalue weighted by atomic mass is 10.1. The van der Waals surface area contributed by atoms with Crippen molar-refractivity contribution in [1.29, 1.82) is 0 Å². The number of hydrogen-bond donors (Lipinski definition) is 0. The number of hydrogen-bond acceptors (Lipinski definition) is 6. The van der Waals surface area contributed by atoms with E-state index in [1.165, 1.54) is 36.0 Å². The maximum Gasteiger partial charge on any atom is 0.175 e. The molecule has 0 bridgehead atoms. The zero-order valence-corrected chi connectivity index (χ0v) is 16.5. The molecule has 8 heteroatoms. The minimum Gasteiger partial charge on any atom is -0.497 e. The lowest BCUT2D eigenvalue weighted by Gasteiger charge is -2.09. The van der Waals surface area contributed by atoms with Gasteiger partial charge in [0, 0.05) is 30.3 Å². The Labute approximate surface area is 162 Å². The highest BCUT2D eigenvalue weighted by Gasteiger charge is 2.13. The van der Waals surface area contributed by atoms with E-state index in [1.54, 1.807) is 13.3 Å². The van der Waals surface area contributed by atoms with E-state index in [2.05, 4.69) is 4.98 Å². The largest absolute Gasteiger partial charge is 0.497 e. The molecule has 0 aliphatic rings. The van der Waals surface area contributed by atoms with Crippen LogP contribution in [0.5, 0.6) is 5.75 Å². The Morgan fingerprint density at radius 1 is 1.19 bits per heavy atom. The smallest absolute Gasteiger partial charge is 0.175 e. The number of imidazole rings is 1. The number of benzene rings is 2. The highest BCUT2D eigenvalue weighted by molar-refractivity contribution is 7.99. The van der Waals surface area contributed by atoms with Crippen molar-refractivity contribution >= 4 is 27.4 Å². The van der Waals surface area contributed by atoms with Gasteiger partial charge in [0.25, 0.3) is 0 Å². The number of rotatable bonds is 7. The van der Waals surface area contributed by atoms with Crippen LogP contribution in [0, 0.1) is 0 Å². The van der Waals surface area contributed by atoms with E-state index in [1.807, 2.05) is 35.0 Å². The number of ether oxygens (including phenoxy) is 1. The summed E-state index contributed by atoms with van der Waals surface area (Å²) in [6, 6.07) is 13.5. The van der Waals surface area contributed by atoms with Gasteiger partial charge < -0.3 is 4.74 Å². The van der Waals surface area contributed by atoms with Gasteiger partial charge in [-0.1, -0.05) is 30.0 Å². The summed E-state index contributed by atoms with van der Waals surface area (Å²) in [6.07, 6.45) is 4.63. The number of carbonyl (C=O) groups excluding carboxylic acids is 1. The van der Waals surface area contributed by atoms with E-state index < -0.39 is 9.84 Å². The quantitative estimate of drug-likeness (QED) is 0.446. The molecule has 0 saturated carbocycles. The average molecular weight is 402 g/mol. The maximum atomic E-state index is 12.4. The van der Waals surface area contributed by atoms with Crippen molar-refractivity contribution in [2.75, 3.05) is 19.1 Å². The monoisotopic (exact) mass is 402 g/mol. The van der Waals surface area contributed by atoms with Crippen LogP contribution in [0.15, 0.2) is 71.0 Å². The lowest BCUT2D eigenvalue weighted by molar-refractivity contribution is 0.102. The molecule has 0 spiro atoms. The summed E-state index contributed by atoms with van der Waals surface area (Å²) < 4.78 is 30.1. The molecule has 6 nitrogen and oxygen atoms in total. The van der Waals surface area contributed by atoms with E-state index in [4.69, 9.17) is 4.74 Å². The molecule has 0 N–H and O–H groups in total. The molecule has 0 aliphatic carbocycles. The number of methoxy groups -OCH3 is 1. The number of nitrogens with zero attached hydrogens (tertiary/aromatic N) is 2. The van der Waals surface area contributed by atoms with Crippen molar-refractivity contribution < 1.29 is 17.9 Å². The summed E-state index contributed by atoms with van der Waals surface area (Å²) in [5.41, 5.74) is 1.36. The first-order valence-electron chi connectivity index (χ1n) is 8.02. The third-order valence-corrected chi connectivity index (χ3v) is 5.97. The SMILES string of the molecule is COc1cccc(-n2ccnc2SCC(=O)c2ccc(S(C)(=O)=O)cc2)c1. The fourth-order valence-electron chi connectivity index (χ4n) is 2.45. The maximum absolute atomic E-state index is 12.4. The minimum absolute atomic E-state index is 0.0970. The molecule has 2 aromatic carbocycles. The zero-order valence-electron chi connectivity index (χ0n) is 14.8. The van der Waals surface area contributed by atoms with Crippen molar-refractivity contribution in [3.63, 3.8) is 0 Å². The Bertz CT molecular complexity index is 1060. The van der Waals surface area contributed by atoms with Crippen LogP contribution in [0.3, 0.4) is 0 Å². The van der Waals surface area contributed by atoms with Crippen LogP contribution in [-0.2, 0) is 9.84 Å². The van der Waals surface area contributed by atoms with Gasteiger partial charge in [-0.25, -0.2) is 13.4 Å². The number of thioether (sulfide) groups is 1. The Balaban J connectivity index is 1.72. The van der Waals surface area contributed by atoms with Crippen LogP contribution in [0.4, 0.5) is 0 Å². The molecule has 27 heavy (non-hydrogen) atoms. The van der Waals surface area contributed by atoms with Gasteiger partial charge in [-0.2, -0.15) is 0 Å². The van der Waals surface area contributed by atoms with Crippen molar-refractivity contribution in [1.82, 2.24) is 9.55 Å². The van der Waals surface area contributed by atoms with Gasteiger partial charge in [0.1, 0.15) is 5.75 Å². The van der Waals surface area contributed by atoms with Crippen LogP contribution >= 0.6 is 11.8 Å². The van der Waals surface area contributed by atoms with Crippen molar-refractivity contribution in [3.8, 4) is 11.4 Å². The van der Waals surface area contributed by atoms with Crippen LogP contribution < -0.4 is 4.74 Å². The van der Waals surface area contributed by atoms with Crippen LogP contribution in [0.2, 0.25) is 0 Å². The Morgan fingerprint density at radius 3 is 2.59 bits per heavy atom. The Morgan fingerprint density at radius 2 is 1.93 bits per heavy atom. The lowest BCUT2D eigenvalue weighted by Crippen LogP contribution is -2.05. The normalized spacial score (nSPS) is 11.3. The third-order valence-electron chi connectivity index (χ3n) is 3.88. The molecule has 0 unspecified atom stereocenters. The number of ketones is 1. The number of sulfone groups is 1. The van der Waals surface area contributed by atoms with Crippen molar-refractivity contribution in [3.05, 3.63) is 66.5 Å². The van der Waals surface area contributed by atoms with E-state index >= 15 is 0 Å². The summed E-state index contributed by atoms with van der Waals surface area (Å²) in [7, 11) is -1.67. The molecule has 0 aliphatic heterocycles. The zero-order chi connectivity index (χ0) is 19.4. The standard InChI is InChI=1S/C19H18N2O4S2/c1-25-16-5-3-4-15(12-16)21-11-10-20-19(21)26-13-18(22)14-6-8-17(9-7-14)27(2,23)24/h3-12H,13H2,1-2H3. The number of carbonyl (C=O) groups is 1. The molecular formula is C19H18N2O4S2. The van der Waals surface area contributed by atoms with Gasteiger partial charge in [-0.3, -0.25) is 9.36 Å². The van der Waals surface area contributed by atoms with Gasteiger partial charge in [-0.15, -0.1) is 0 Å². The minimum atomic E-state index is -3.28. The summed E-state index contributed by atoms with van der Waals surface area (Å²) in [6.45, 7) is 0. The van der Waals surface area contributed by atoms with Crippen LogP contribution in [0.1, 0.15) is 10.4 Å². The second kappa shape index (κ2) is 7.98. The average Bonchev–Trinajstić information content (AvgIpc) is 3.14. The second-order valence-electron chi connectivity index (χ2n) is 5.79. The first kappa shape index (κ1) is 19.2. The number of aromatic nitrogens is 2. The first-order valence-corrected chi connectivity index (χ1v) is 10.9. The predicted octanol–water partition coefficient (Wildman–Crippen LogP) is 3.26. The van der Waals surface area contributed by atoms with E-state index in [-0.39, 0.29) is 16.4 Å². The highest BCUT2D eigenvalue weighted by Crippen LogP contribution is 2.24. The topological polar surface area (TPSA) is 78.3 Å². The second-order valence-corrected chi connectivity index (χ2v) is 8.75. The molecular weight excluding hydrogens is 384 g/mol. The summed E-state index contributed by atoms with van der Waals surface area (Å²) in [5.74, 6) is 0.832. The van der Waals surface area contributed by atoms with Crippen LogP contribution in [0.25, 0.3) is 5.69 Å². The molecule has 0 amide bonds. The van der Waals surface area contributed by atoms with E-state index in [0.717, 1.165) is 17.7 Å². The summed E-state index contributed by atoms with van der Waals surface area (Å²) >= 11 is 1.32. The number of Topliss-reactive ketones (excluding diaryl/α,β-unsaturated/α-hetero) is 1. The molecule has 1 heterocycles. The Kier molecular flexibility index (Phi) is 5.67. The molecule has 0 atom stereocenters. The molecule has 140 valence electrons. The van der Waals surface area contributed by atoms with Gasteiger partial charge in [0.2, 0.25) is 0 Å². The fraction of sp³-hybridized carbons (Fsp3) is 0.158. The summed E-state index contributed by atoms with van der Waals surface area (Å²) in [4.78, 5) is 16.9. The van der Waals surface area contributed by atoms with E-state index in [9.17, 15) is 13.2 Å². The molecule has 3 aromatic rings. The first-order chi connectivity index (χ1) is 12.9. The van der Waals surface area contributed by atoms with Gasteiger partial charge in [0.15, 0.2) is 20.8 Å². The fourth-order valence-corrected chi connectivity index (χ4v) is 3.95. The third kappa shape index (κ3) is 4.58. The molecule has 3 rings (SSSR count). The molecule has 1 aromatic heterocycles. The molecule has 0 saturated heterocycles. The van der Waals surface area contributed by atoms with Crippen LogP contribution in [-0.4, -0.2) is 42.9 Å². The Hall–Kier alpha value is -2.58. The molecule has 0 fully saturated rings. The van der Waals surface area contributed by atoms with E-state index in [0.29, 0.717) is 10.7 Å². The molecule has 0 radical (unpaired) electrons. The van der Waals surface area contributed by atoms with Crippen molar-refractivity contribution in [2.24, 2.45) is 0 Å².